The number of carbonyl (C=O) groups is 2. The molecule has 0 spiro atoms. The molecule has 1 heterocycles. The van der Waals surface area contributed by atoms with Crippen molar-refractivity contribution in [2.45, 2.75) is 17.3 Å². The molecule has 0 aromatic heterocycles. The van der Waals surface area contributed by atoms with Crippen molar-refractivity contribution in [3.05, 3.63) is 144 Å². The van der Waals surface area contributed by atoms with Gasteiger partial charge in [-0.3, -0.25) is 9.59 Å². The molecule has 5 rings (SSSR count). The molecule has 0 aliphatic carbocycles. The summed E-state index contributed by atoms with van der Waals surface area (Å²) in [6.45, 7) is 0.446. The fourth-order valence-electron chi connectivity index (χ4n) is 4.81. The second-order valence-electron chi connectivity index (χ2n) is 8.83. The molecule has 4 aromatic carbocycles. The lowest BCUT2D eigenvalue weighted by molar-refractivity contribution is -0.145. The molecule has 0 saturated carbocycles. The fourth-order valence-corrected chi connectivity index (χ4v) is 6.46. The second-order valence-corrected chi connectivity index (χ2v) is 10.1. The monoisotopic (exact) mass is 492 g/mol. The van der Waals surface area contributed by atoms with Crippen LogP contribution in [0.15, 0.2) is 121 Å². The standard InChI is InChI=1S/C31H28N2O2S/c34-29-21-32-30(35)28(33(29)22-24-13-5-1-6-14-24)23-36-31(25-15-7-2-8-16-25,26-17-9-3-10-18-26)27-19-11-4-12-20-27/h1-20,28H,21-23H2,(H,32,35). The molecule has 1 atom stereocenters. The predicted octanol–water partition coefficient (Wildman–Crippen LogP) is 5.24. The van der Waals surface area contributed by atoms with E-state index in [1.165, 1.54) is 0 Å². The van der Waals surface area contributed by atoms with E-state index in [4.69, 9.17) is 0 Å². The van der Waals surface area contributed by atoms with Crippen molar-refractivity contribution in [2.75, 3.05) is 12.3 Å². The Labute approximate surface area is 216 Å². The highest BCUT2D eigenvalue weighted by molar-refractivity contribution is 8.00. The highest BCUT2D eigenvalue weighted by Gasteiger charge is 2.41. The normalized spacial score (nSPS) is 16.0. The Morgan fingerprint density at radius 2 is 1.14 bits per heavy atom. The zero-order chi connectivity index (χ0) is 24.8. The van der Waals surface area contributed by atoms with Gasteiger partial charge < -0.3 is 10.2 Å². The number of nitrogens with zero attached hydrogens (tertiary/aromatic N) is 1. The Balaban J connectivity index is 1.56. The largest absolute Gasteiger partial charge is 0.345 e. The summed E-state index contributed by atoms with van der Waals surface area (Å²) in [6, 6.07) is 40.5. The molecule has 4 nitrogen and oxygen atoms in total. The maximum absolute atomic E-state index is 13.1. The molecule has 0 radical (unpaired) electrons. The number of thioether (sulfide) groups is 1. The van der Waals surface area contributed by atoms with Crippen molar-refractivity contribution >= 4 is 23.6 Å². The molecule has 36 heavy (non-hydrogen) atoms. The average Bonchev–Trinajstić information content (AvgIpc) is 2.94. The zero-order valence-electron chi connectivity index (χ0n) is 19.9. The first-order valence-corrected chi connectivity index (χ1v) is 13.1. The summed E-state index contributed by atoms with van der Waals surface area (Å²) in [5.74, 6) is 0.276. The van der Waals surface area contributed by atoms with Crippen LogP contribution in [-0.4, -0.2) is 35.1 Å². The molecule has 1 N–H and O–H groups in total. The lowest BCUT2D eigenvalue weighted by Crippen LogP contribution is -2.59. The first kappa shape index (κ1) is 23.9. The van der Waals surface area contributed by atoms with Gasteiger partial charge in [-0.2, -0.15) is 0 Å². The van der Waals surface area contributed by atoms with Crippen LogP contribution >= 0.6 is 11.8 Å². The molecular weight excluding hydrogens is 464 g/mol. The minimum atomic E-state index is -0.577. The lowest BCUT2D eigenvalue weighted by Gasteiger charge is -2.39. The van der Waals surface area contributed by atoms with Gasteiger partial charge in [0.25, 0.3) is 0 Å². The minimum Gasteiger partial charge on any atom is -0.345 e. The third kappa shape index (κ3) is 4.79. The number of hydrogen-bond donors (Lipinski definition) is 1. The third-order valence-electron chi connectivity index (χ3n) is 6.61. The Morgan fingerprint density at radius 3 is 1.61 bits per heavy atom. The van der Waals surface area contributed by atoms with Crippen molar-refractivity contribution in [3.8, 4) is 0 Å². The number of rotatable bonds is 8. The molecule has 1 aliphatic heterocycles. The van der Waals surface area contributed by atoms with Gasteiger partial charge >= 0.3 is 0 Å². The molecule has 180 valence electrons. The van der Waals surface area contributed by atoms with Gasteiger partial charge in [0.2, 0.25) is 11.8 Å². The van der Waals surface area contributed by atoms with Gasteiger partial charge in [0.1, 0.15) is 6.04 Å². The Bertz CT molecular complexity index is 1200. The SMILES string of the molecule is O=C1NCC(=O)N(Cc2ccccc2)C1CSC(c1ccccc1)(c1ccccc1)c1ccccc1. The third-order valence-corrected chi connectivity index (χ3v) is 8.23. The zero-order valence-corrected chi connectivity index (χ0v) is 20.7. The maximum atomic E-state index is 13.1. The first-order valence-electron chi connectivity index (χ1n) is 12.1. The summed E-state index contributed by atoms with van der Waals surface area (Å²) in [5.41, 5.74) is 4.40. The van der Waals surface area contributed by atoms with Crippen LogP contribution in [-0.2, 0) is 20.9 Å². The number of hydrogen-bond acceptors (Lipinski definition) is 3. The van der Waals surface area contributed by atoms with E-state index in [0.29, 0.717) is 12.3 Å². The lowest BCUT2D eigenvalue weighted by atomic mass is 9.84. The Hall–Kier alpha value is -3.83. The van der Waals surface area contributed by atoms with E-state index in [9.17, 15) is 9.59 Å². The van der Waals surface area contributed by atoms with E-state index in [-0.39, 0.29) is 18.4 Å². The van der Waals surface area contributed by atoms with Crippen molar-refractivity contribution in [3.63, 3.8) is 0 Å². The van der Waals surface area contributed by atoms with E-state index < -0.39 is 10.8 Å². The second kappa shape index (κ2) is 10.8. The molecule has 1 unspecified atom stereocenters. The van der Waals surface area contributed by atoms with Gasteiger partial charge in [0, 0.05) is 12.3 Å². The molecular formula is C31H28N2O2S. The summed E-state index contributed by atoms with van der Waals surface area (Å²) >= 11 is 1.70. The number of piperazine rings is 1. The Morgan fingerprint density at radius 1 is 0.694 bits per heavy atom. The molecule has 5 heteroatoms. The van der Waals surface area contributed by atoms with Crippen LogP contribution in [0.1, 0.15) is 22.3 Å². The summed E-state index contributed by atoms with van der Waals surface area (Å²) in [4.78, 5) is 27.9. The van der Waals surface area contributed by atoms with Crippen LogP contribution in [0.25, 0.3) is 0 Å². The van der Waals surface area contributed by atoms with Crippen LogP contribution < -0.4 is 5.32 Å². The van der Waals surface area contributed by atoms with Gasteiger partial charge in [0.05, 0.1) is 11.3 Å². The van der Waals surface area contributed by atoms with Crippen molar-refractivity contribution in [1.29, 1.82) is 0 Å². The highest BCUT2D eigenvalue weighted by atomic mass is 32.2. The number of nitrogens with one attached hydrogen (secondary N) is 1. The Kier molecular flexibility index (Phi) is 7.19. The van der Waals surface area contributed by atoms with Crippen LogP contribution in [0.3, 0.4) is 0 Å². The average molecular weight is 493 g/mol. The molecule has 2 amide bonds. The van der Waals surface area contributed by atoms with Crippen LogP contribution in [0.5, 0.6) is 0 Å². The molecule has 4 aromatic rings. The van der Waals surface area contributed by atoms with Gasteiger partial charge in [-0.05, 0) is 22.3 Å². The van der Waals surface area contributed by atoms with Crippen LogP contribution in [0.4, 0.5) is 0 Å². The van der Waals surface area contributed by atoms with E-state index in [1.807, 2.05) is 48.5 Å². The number of amides is 2. The smallest absolute Gasteiger partial charge is 0.244 e. The summed E-state index contributed by atoms with van der Waals surface area (Å²) < 4.78 is -0.553. The van der Waals surface area contributed by atoms with Gasteiger partial charge in [-0.15, -0.1) is 11.8 Å². The minimum absolute atomic E-state index is 0.0357. The van der Waals surface area contributed by atoms with Gasteiger partial charge in [0.15, 0.2) is 0 Å². The van der Waals surface area contributed by atoms with E-state index >= 15 is 0 Å². The van der Waals surface area contributed by atoms with Gasteiger partial charge in [-0.25, -0.2) is 0 Å². The van der Waals surface area contributed by atoms with Crippen LogP contribution in [0.2, 0.25) is 0 Å². The molecule has 1 aliphatic rings. The first-order chi connectivity index (χ1) is 17.7. The van der Waals surface area contributed by atoms with Crippen LogP contribution in [0, 0.1) is 0 Å². The fraction of sp³-hybridized carbons (Fsp3) is 0.161. The van der Waals surface area contributed by atoms with E-state index in [2.05, 4.69) is 78.1 Å². The quantitative estimate of drug-likeness (QED) is 0.342. The van der Waals surface area contributed by atoms with Crippen molar-refractivity contribution < 1.29 is 9.59 Å². The topological polar surface area (TPSA) is 49.4 Å². The summed E-state index contributed by atoms with van der Waals surface area (Å²) in [5, 5.41) is 2.81. The highest BCUT2D eigenvalue weighted by Crippen LogP contribution is 2.49. The molecule has 1 fully saturated rings. The van der Waals surface area contributed by atoms with E-state index in [0.717, 1.165) is 22.3 Å². The number of carbonyl (C=O) groups excluding carboxylic acids is 2. The molecule has 0 bridgehead atoms. The van der Waals surface area contributed by atoms with E-state index in [1.54, 1.807) is 16.7 Å². The molecule has 1 saturated heterocycles. The summed E-state index contributed by atoms with van der Waals surface area (Å²) in [6.07, 6.45) is 0. The summed E-state index contributed by atoms with van der Waals surface area (Å²) in [7, 11) is 0. The van der Waals surface area contributed by atoms with Crippen molar-refractivity contribution in [1.82, 2.24) is 10.2 Å². The number of benzene rings is 4. The van der Waals surface area contributed by atoms with Crippen molar-refractivity contribution in [2.24, 2.45) is 0 Å². The van der Waals surface area contributed by atoms with Gasteiger partial charge in [-0.1, -0.05) is 121 Å². The predicted molar refractivity (Wildman–Crippen MR) is 145 cm³/mol. The maximum Gasteiger partial charge on any atom is 0.244 e.